The summed E-state index contributed by atoms with van der Waals surface area (Å²) in [6, 6.07) is 9.07. The van der Waals surface area contributed by atoms with Crippen molar-refractivity contribution in [1.29, 1.82) is 0 Å². The predicted octanol–water partition coefficient (Wildman–Crippen LogP) is 3.98. The third-order valence-corrected chi connectivity index (χ3v) is 4.58. The summed E-state index contributed by atoms with van der Waals surface area (Å²) < 4.78 is 1.23. The Morgan fingerprint density at radius 2 is 2.00 bits per heavy atom. The Bertz CT molecular complexity index is 375. The lowest BCUT2D eigenvalue weighted by Gasteiger charge is -2.23. The van der Waals surface area contributed by atoms with E-state index < -0.39 is 0 Å². The third kappa shape index (κ3) is 4.59. The van der Waals surface area contributed by atoms with Gasteiger partial charge in [0.2, 0.25) is 0 Å². The van der Waals surface area contributed by atoms with Crippen LogP contribution in [-0.4, -0.2) is 31.1 Å². The standard InChI is InChI=1S/C16H25BrN2/c1-2-10-18-16(9-13-19-11-5-6-12-19)14-7-3-4-8-15(14)17/h3-4,7-8,16,18H,2,5-6,9-13H2,1H3. The minimum Gasteiger partial charge on any atom is -0.310 e. The minimum absolute atomic E-state index is 0.469. The van der Waals surface area contributed by atoms with Crippen LogP contribution in [0.4, 0.5) is 0 Å². The van der Waals surface area contributed by atoms with Crippen LogP contribution in [0.15, 0.2) is 28.7 Å². The second-order valence-electron chi connectivity index (χ2n) is 5.37. The van der Waals surface area contributed by atoms with E-state index in [-0.39, 0.29) is 0 Å². The van der Waals surface area contributed by atoms with E-state index >= 15 is 0 Å². The molecule has 1 heterocycles. The largest absolute Gasteiger partial charge is 0.310 e. The zero-order valence-electron chi connectivity index (χ0n) is 11.9. The summed E-state index contributed by atoms with van der Waals surface area (Å²) in [5.41, 5.74) is 1.40. The molecule has 0 radical (unpaired) electrons. The van der Waals surface area contributed by atoms with Gasteiger partial charge in [0.25, 0.3) is 0 Å². The average molecular weight is 325 g/mol. The van der Waals surface area contributed by atoms with Crippen LogP contribution in [0.3, 0.4) is 0 Å². The van der Waals surface area contributed by atoms with Crippen molar-refractivity contribution in [2.24, 2.45) is 0 Å². The number of hydrogen-bond acceptors (Lipinski definition) is 2. The Morgan fingerprint density at radius 1 is 1.26 bits per heavy atom. The Hall–Kier alpha value is -0.380. The highest BCUT2D eigenvalue weighted by atomic mass is 79.9. The molecule has 1 aliphatic rings. The zero-order valence-corrected chi connectivity index (χ0v) is 13.5. The van der Waals surface area contributed by atoms with Gasteiger partial charge in [-0.1, -0.05) is 41.1 Å². The molecule has 3 heteroatoms. The summed E-state index contributed by atoms with van der Waals surface area (Å²) in [6.45, 7) is 7.10. The first-order chi connectivity index (χ1) is 9.31. The molecule has 1 N–H and O–H groups in total. The average Bonchev–Trinajstić information content (AvgIpc) is 2.93. The second kappa shape index (κ2) is 8.03. The molecule has 106 valence electrons. The Labute approximate surface area is 125 Å². The van der Waals surface area contributed by atoms with Gasteiger partial charge in [-0.05, 0) is 63.5 Å². The molecule has 0 spiro atoms. The van der Waals surface area contributed by atoms with Crippen molar-refractivity contribution in [3.63, 3.8) is 0 Å². The van der Waals surface area contributed by atoms with Crippen molar-refractivity contribution in [3.05, 3.63) is 34.3 Å². The summed E-state index contributed by atoms with van der Waals surface area (Å²) in [6.07, 6.45) is 5.14. The molecule has 1 aromatic carbocycles. The first-order valence-corrected chi connectivity index (χ1v) is 8.30. The maximum absolute atomic E-state index is 3.69. The SMILES string of the molecule is CCCNC(CCN1CCCC1)c1ccccc1Br. The van der Waals surface area contributed by atoms with E-state index in [2.05, 4.69) is 57.3 Å². The molecule has 0 aliphatic carbocycles. The van der Waals surface area contributed by atoms with Crippen molar-refractivity contribution in [1.82, 2.24) is 10.2 Å². The molecule has 1 fully saturated rings. The molecular formula is C16H25BrN2. The van der Waals surface area contributed by atoms with Crippen LogP contribution in [0, 0.1) is 0 Å². The highest BCUT2D eigenvalue weighted by Gasteiger charge is 2.17. The van der Waals surface area contributed by atoms with E-state index in [1.54, 1.807) is 0 Å². The number of likely N-dealkylation sites (tertiary alicyclic amines) is 1. The first-order valence-electron chi connectivity index (χ1n) is 7.51. The first kappa shape index (κ1) is 15.0. The van der Waals surface area contributed by atoms with E-state index in [9.17, 15) is 0 Å². The van der Waals surface area contributed by atoms with Gasteiger partial charge in [-0.15, -0.1) is 0 Å². The summed E-state index contributed by atoms with van der Waals surface area (Å²) in [4.78, 5) is 2.59. The van der Waals surface area contributed by atoms with Gasteiger partial charge in [-0.3, -0.25) is 0 Å². The van der Waals surface area contributed by atoms with Gasteiger partial charge in [0.15, 0.2) is 0 Å². The van der Waals surface area contributed by atoms with Gasteiger partial charge in [0.1, 0.15) is 0 Å². The van der Waals surface area contributed by atoms with Crippen molar-refractivity contribution in [2.75, 3.05) is 26.2 Å². The number of halogens is 1. The molecule has 1 unspecified atom stereocenters. The van der Waals surface area contributed by atoms with E-state index in [4.69, 9.17) is 0 Å². The minimum atomic E-state index is 0.469. The summed E-state index contributed by atoms with van der Waals surface area (Å²) in [5, 5.41) is 3.69. The molecule has 19 heavy (non-hydrogen) atoms. The number of benzene rings is 1. The summed E-state index contributed by atoms with van der Waals surface area (Å²) >= 11 is 3.69. The van der Waals surface area contributed by atoms with Crippen LogP contribution in [0.25, 0.3) is 0 Å². The maximum atomic E-state index is 3.69. The van der Waals surface area contributed by atoms with Gasteiger partial charge in [0, 0.05) is 10.5 Å². The van der Waals surface area contributed by atoms with Crippen LogP contribution in [-0.2, 0) is 0 Å². The Balaban J connectivity index is 1.96. The normalized spacial score (nSPS) is 17.8. The van der Waals surface area contributed by atoms with E-state index in [1.165, 1.54) is 55.4 Å². The number of rotatable bonds is 7. The summed E-state index contributed by atoms with van der Waals surface area (Å²) in [7, 11) is 0. The number of hydrogen-bond donors (Lipinski definition) is 1. The van der Waals surface area contributed by atoms with Crippen LogP contribution in [0.5, 0.6) is 0 Å². The Kier molecular flexibility index (Phi) is 6.35. The molecule has 0 bridgehead atoms. The lowest BCUT2D eigenvalue weighted by atomic mass is 10.0. The van der Waals surface area contributed by atoms with Crippen molar-refractivity contribution in [3.8, 4) is 0 Å². The van der Waals surface area contributed by atoms with Crippen molar-refractivity contribution in [2.45, 2.75) is 38.6 Å². The quantitative estimate of drug-likeness (QED) is 0.816. The number of nitrogens with zero attached hydrogens (tertiary/aromatic N) is 1. The molecule has 1 saturated heterocycles. The van der Waals surface area contributed by atoms with E-state index in [0.29, 0.717) is 6.04 Å². The molecule has 1 aliphatic heterocycles. The molecule has 1 aromatic rings. The molecule has 0 amide bonds. The molecule has 2 nitrogen and oxygen atoms in total. The smallest absolute Gasteiger partial charge is 0.0343 e. The highest BCUT2D eigenvalue weighted by molar-refractivity contribution is 9.10. The van der Waals surface area contributed by atoms with Gasteiger partial charge < -0.3 is 10.2 Å². The monoisotopic (exact) mass is 324 g/mol. The van der Waals surface area contributed by atoms with Crippen molar-refractivity contribution < 1.29 is 0 Å². The fourth-order valence-corrected chi connectivity index (χ4v) is 3.32. The molecular weight excluding hydrogens is 300 g/mol. The van der Waals surface area contributed by atoms with Gasteiger partial charge >= 0.3 is 0 Å². The summed E-state index contributed by atoms with van der Waals surface area (Å²) in [5.74, 6) is 0. The van der Waals surface area contributed by atoms with E-state index in [0.717, 1.165) is 6.54 Å². The molecule has 0 saturated carbocycles. The van der Waals surface area contributed by atoms with Gasteiger partial charge in [0.05, 0.1) is 0 Å². The topological polar surface area (TPSA) is 15.3 Å². The fraction of sp³-hybridized carbons (Fsp3) is 0.625. The van der Waals surface area contributed by atoms with Crippen LogP contribution in [0.1, 0.15) is 44.2 Å². The molecule has 1 atom stereocenters. The molecule has 0 aromatic heterocycles. The lowest BCUT2D eigenvalue weighted by Crippen LogP contribution is -2.28. The number of nitrogens with one attached hydrogen (secondary N) is 1. The van der Waals surface area contributed by atoms with E-state index in [1.807, 2.05) is 0 Å². The highest BCUT2D eigenvalue weighted by Crippen LogP contribution is 2.26. The van der Waals surface area contributed by atoms with Crippen LogP contribution in [0.2, 0.25) is 0 Å². The zero-order chi connectivity index (χ0) is 13.5. The predicted molar refractivity (Wildman–Crippen MR) is 85.5 cm³/mol. The fourth-order valence-electron chi connectivity index (χ4n) is 2.76. The lowest BCUT2D eigenvalue weighted by molar-refractivity contribution is 0.310. The van der Waals surface area contributed by atoms with Gasteiger partial charge in [-0.25, -0.2) is 0 Å². The molecule has 2 rings (SSSR count). The van der Waals surface area contributed by atoms with Crippen LogP contribution >= 0.6 is 15.9 Å². The third-order valence-electron chi connectivity index (χ3n) is 3.85. The Morgan fingerprint density at radius 3 is 2.68 bits per heavy atom. The van der Waals surface area contributed by atoms with Gasteiger partial charge in [-0.2, -0.15) is 0 Å². The van der Waals surface area contributed by atoms with Crippen LogP contribution < -0.4 is 5.32 Å². The van der Waals surface area contributed by atoms with Crippen molar-refractivity contribution >= 4 is 15.9 Å². The second-order valence-corrected chi connectivity index (χ2v) is 6.22. The maximum Gasteiger partial charge on any atom is 0.0343 e.